The number of aryl methyl sites for hydroxylation is 1. The van der Waals surface area contributed by atoms with Crippen molar-refractivity contribution in [2.45, 2.75) is 18.9 Å². The Labute approximate surface area is 122 Å². The van der Waals surface area contributed by atoms with Gasteiger partial charge in [-0.05, 0) is 12.5 Å². The molecule has 4 heteroatoms. The Hall–Kier alpha value is -2.46. The van der Waals surface area contributed by atoms with Crippen molar-refractivity contribution in [2.75, 3.05) is 5.32 Å². The molecule has 0 aromatic heterocycles. The number of fused-ring (bicyclic) bond motifs is 1. The SMILES string of the molecule is Cc1cccc2c1NC(=O)[C@]2(O)CC(=O)c1ccccc1. The van der Waals surface area contributed by atoms with Gasteiger partial charge in [0.15, 0.2) is 11.4 Å². The van der Waals surface area contributed by atoms with E-state index in [9.17, 15) is 14.7 Å². The molecule has 4 nitrogen and oxygen atoms in total. The molecular formula is C17H15NO3. The molecule has 1 heterocycles. The second-order valence-corrected chi connectivity index (χ2v) is 5.28. The average Bonchev–Trinajstić information content (AvgIpc) is 2.74. The summed E-state index contributed by atoms with van der Waals surface area (Å²) >= 11 is 0. The number of hydrogen-bond acceptors (Lipinski definition) is 3. The van der Waals surface area contributed by atoms with Crippen LogP contribution in [0.3, 0.4) is 0 Å². The summed E-state index contributed by atoms with van der Waals surface area (Å²) in [5, 5.41) is 13.4. The van der Waals surface area contributed by atoms with E-state index in [2.05, 4.69) is 5.32 Å². The third kappa shape index (κ3) is 2.14. The summed E-state index contributed by atoms with van der Waals surface area (Å²) in [6, 6.07) is 14.0. The molecule has 1 aliphatic rings. The predicted molar refractivity (Wildman–Crippen MR) is 79.1 cm³/mol. The molecular weight excluding hydrogens is 266 g/mol. The number of para-hydroxylation sites is 1. The molecule has 1 amide bonds. The molecule has 0 saturated carbocycles. The van der Waals surface area contributed by atoms with E-state index >= 15 is 0 Å². The standard InChI is InChI=1S/C17H15NO3/c1-11-6-5-9-13-15(11)18-16(20)17(13,21)10-14(19)12-7-3-2-4-8-12/h2-9,21H,10H2,1H3,(H,18,20)/t17-/m0/s1. The van der Waals surface area contributed by atoms with E-state index in [4.69, 9.17) is 0 Å². The molecule has 3 rings (SSSR count). The minimum atomic E-state index is -1.80. The predicted octanol–water partition coefficient (Wildman–Crippen LogP) is 2.41. The summed E-state index contributed by atoms with van der Waals surface area (Å²) in [5.41, 5.74) is 0.625. The van der Waals surface area contributed by atoms with Crippen LogP contribution in [0, 0.1) is 6.92 Å². The van der Waals surface area contributed by atoms with Crippen LogP contribution in [0.4, 0.5) is 5.69 Å². The first-order chi connectivity index (χ1) is 10.0. The van der Waals surface area contributed by atoms with Crippen LogP contribution in [-0.2, 0) is 10.4 Å². The second kappa shape index (κ2) is 4.82. The van der Waals surface area contributed by atoms with Crippen molar-refractivity contribution in [3.63, 3.8) is 0 Å². The van der Waals surface area contributed by atoms with E-state index < -0.39 is 11.5 Å². The summed E-state index contributed by atoms with van der Waals surface area (Å²) in [4.78, 5) is 24.5. The number of benzene rings is 2. The zero-order valence-corrected chi connectivity index (χ0v) is 11.6. The number of rotatable bonds is 3. The number of Topliss-reactive ketones (excluding diaryl/α,β-unsaturated/α-hetero) is 1. The first kappa shape index (κ1) is 13.5. The molecule has 2 N–H and O–H groups in total. The maximum absolute atomic E-state index is 12.3. The molecule has 2 aromatic carbocycles. The fourth-order valence-corrected chi connectivity index (χ4v) is 2.65. The molecule has 0 fully saturated rings. The Morgan fingerprint density at radius 3 is 2.57 bits per heavy atom. The van der Waals surface area contributed by atoms with Gasteiger partial charge in [-0.3, -0.25) is 9.59 Å². The first-order valence-corrected chi connectivity index (χ1v) is 6.74. The summed E-state index contributed by atoms with van der Waals surface area (Å²) < 4.78 is 0. The number of amides is 1. The highest BCUT2D eigenvalue weighted by Crippen LogP contribution is 2.40. The van der Waals surface area contributed by atoms with Gasteiger partial charge in [-0.1, -0.05) is 48.5 Å². The molecule has 2 aromatic rings. The van der Waals surface area contributed by atoms with Crippen molar-refractivity contribution < 1.29 is 14.7 Å². The Balaban J connectivity index is 1.97. The van der Waals surface area contributed by atoms with Crippen molar-refractivity contribution in [3.05, 3.63) is 65.2 Å². The lowest BCUT2D eigenvalue weighted by Gasteiger charge is -2.20. The molecule has 0 spiro atoms. The third-order valence-corrected chi connectivity index (χ3v) is 3.84. The molecule has 1 aliphatic heterocycles. The maximum Gasteiger partial charge on any atom is 0.261 e. The Kier molecular flexibility index (Phi) is 3.11. The number of anilines is 1. The van der Waals surface area contributed by atoms with Crippen molar-refractivity contribution in [2.24, 2.45) is 0 Å². The maximum atomic E-state index is 12.3. The Morgan fingerprint density at radius 2 is 1.86 bits per heavy atom. The average molecular weight is 281 g/mol. The van der Waals surface area contributed by atoms with Crippen LogP contribution in [0.25, 0.3) is 0 Å². The Morgan fingerprint density at radius 1 is 1.14 bits per heavy atom. The number of nitrogens with one attached hydrogen (secondary N) is 1. The Bertz CT molecular complexity index is 724. The molecule has 106 valence electrons. The summed E-state index contributed by atoms with van der Waals surface area (Å²) in [7, 11) is 0. The monoisotopic (exact) mass is 281 g/mol. The van der Waals surface area contributed by atoms with Gasteiger partial charge in [0.25, 0.3) is 5.91 Å². The van der Waals surface area contributed by atoms with E-state index in [0.717, 1.165) is 5.56 Å². The highest BCUT2D eigenvalue weighted by molar-refractivity contribution is 6.09. The van der Waals surface area contributed by atoms with Crippen LogP contribution in [0.1, 0.15) is 27.9 Å². The zero-order chi connectivity index (χ0) is 15.0. The van der Waals surface area contributed by atoms with E-state index in [0.29, 0.717) is 16.8 Å². The second-order valence-electron chi connectivity index (χ2n) is 5.28. The quantitative estimate of drug-likeness (QED) is 0.849. The van der Waals surface area contributed by atoms with Gasteiger partial charge in [-0.25, -0.2) is 0 Å². The van der Waals surface area contributed by atoms with Crippen LogP contribution >= 0.6 is 0 Å². The molecule has 0 aliphatic carbocycles. The summed E-state index contributed by atoms with van der Waals surface area (Å²) in [6.07, 6.45) is -0.265. The van der Waals surface area contributed by atoms with Gasteiger partial charge in [0.1, 0.15) is 0 Å². The number of carbonyl (C=O) groups excluding carboxylic acids is 2. The third-order valence-electron chi connectivity index (χ3n) is 3.84. The van der Waals surface area contributed by atoms with Gasteiger partial charge in [-0.2, -0.15) is 0 Å². The van der Waals surface area contributed by atoms with Crippen LogP contribution < -0.4 is 5.32 Å². The van der Waals surface area contributed by atoms with E-state index in [1.54, 1.807) is 36.4 Å². The van der Waals surface area contributed by atoms with Crippen molar-refractivity contribution in [1.82, 2.24) is 0 Å². The van der Waals surface area contributed by atoms with Crippen molar-refractivity contribution in [3.8, 4) is 0 Å². The van der Waals surface area contributed by atoms with Gasteiger partial charge in [0.05, 0.1) is 12.1 Å². The van der Waals surface area contributed by atoms with Crippen LogP contribution in [0.5, 0.6) is 0 Å². The minimum absolute atomic E-state index is 0.261. The smallest absolute Gasteiger partial charge is 0.261 e. The van der Waals surface area contributed by atoms with Crippen molar-refractivity contribution in [1.29, 1.82) is 0 Å². The molecule has 0 saturated heterocycles. The molecule has 0 bridgehead atoms. The largest absolute Gasteiger partial charge is 0.375 e. The summed E-state index contributed by atoms with van der Waals surface area (Å²) in [5.74, 6) is -0.807. The lowest BCUT2D eigenvalue weighted by molar-refractivity contribution is -0.133. The normalized spacial score (nSPS) is 20.0. The fourth-order valence-electron chi connectivity index (χ4n) is 2.65. The molecule has 21 heavy (non-hydrogen) atoms. The molecule has 0 radical (unpaired) electrons. The van der Waals surface area contributed by atoms with Gasteiger partial charge >= 0.3 is 0 Å². The van der Waals surface area contributed by atoms with E-state index in [1.807, 2.05) is 19.1 Å². The number of ketones is 1. The first-order valence-electron chi connectivity index (χ1n) is 6.74. The van der Waals surface area contributed by atoms with E-state index in [1.165, 1.54) is 0 Å². The fraction of sp³-hybridized carbons (Fsp3) is 0.176. The van der Waals surface area contributed by atoms with E-state index in [-0.39, 0.29) is 12.2 Å². The van der Waals surface area contributed by atoms with Crippen molar-refractivity contribution >= 4 is 17.4 Å². The number of carbonyl (C=O) groups is 2. The van der Waals surface area contributed by atoms with Crippen LogP contribution in [-0.4, -0.2) is 16.8 Å². The highest BCUT2D eigenvalue weighted by atomic mass is 16.3. The molecule has 1 atom stereocenters. The molecule has 0 unspecified atom stereocenters. The number of hydrogen-bond donors (Lipinski definition) is 2. The summed E-state index contributed by atoms with van der Waals surface area (Å²) in [6.45, 7) is 1.85. The lowest BCUT2D eigenvalue weighted by Crippen LogP contribution is -2.36. The van der Waals surface area contributed by atoms with Crippen LogP contribution in [0.2, 0.25) is 0 Å². The van der Waals surface area contributed by atoms with Gasteiger partial charge in [0.2, 0.25) is 0 Å². The zero-order valence-electron chi connectivity index (χ0n) is 11.6. The minimum Gasteiger partial charge on any atom is -0.375 e. The van der Waals surface area contributed by atoms with Gasteiger partial charge in [-0.15, -0.1) is 0 Å². The highest BCUT2D eigenvalue weighted by Gasteiger charge is 2.47. The van der Waals surface area contributed by atoms with Gasteiger partial charge in [0, 0.05) is 11.1 Å². The van der Waals surface area contributed by atoms with Gasteiger partial charge < -0.3 is 10.4 Å². The number of aliphatic hydroxyl groups is 1. The lowest BCUT2D eigenvalue weighted by atomic mass is 9.87. The topological polar surface area (TPSA) is 66.4 Å². The van der Waals surface area contributed by atoms with Crippen LogP contribution in [0.15, 0.2) is 48.5 Å².